The highest BCUT2D eigenvalue weighted by Crippen LogP contribution is 2.32. The third-order valence-corrected chi connectivity index (χ3v) is 4.43. The molecule has 2 nitrogen and oxygen atoms in total. The summed E-state index contributed by atoms with van der Waals surface area (Å²) in [5, 5.41) is 0.0826. The minimum absolute atomic E-state index is 0.0160. The van der Waals surface area contributed by atoms with E-state index in [1.54, 1.807) is 17.0 Å². The van der Waals surface area contributed by atoms with Gasteiger partial charge in [0, 0.05) is 9.26 Å². The van der Waals surface area contributed by atoms with Gasteiger partial charge in [-0.05, 0) is 58.0 Å². The zero-order valence-electron chi connectivity index (χ0n) is 10.4. The number of anilines is 1. The Kier molecular flexibility index (Phi) is 3.69. The third kappa shape index (κ3) is 2.42. The van der Waals surface area contributed by atoms with Crippen LogP contribution in [0.15, 0.2) is 36.4 Å². The molecule has 1 amide bonds. The van der Waals surface area contributed by atoms with E-state index in [9.17, 15) is 9.18 Å². The van der Waals surface area contributed by atoms with Crippen molar-refractivity contribution in [1.29, 1.82) is 0 Å². The predicted molar refractivity (Wildman–Crippen MR) is 85.5 cm³/mol. The van der Waals surface area contributed by atoms with Gasteiger partial charge in [-0.1, -0.05) is 23.7 Å². The summed E-state index contributed by atoms with van der Waals surface area (Å²) in [7, 11) is 0. The highest BCUT2D eigenvalue weighted by molar-refractivity contribution is 14.1. The molecule has 2 aromatic rings. The van der Waals surface area contributed by atoms with E-state index in [4.69, 9.17) is 11.6 Å². The van der Waals surface area contributed by atoms with E-state index in [1.165, 1.54) is 6.07 Å². The first kappa shape index (κ1) is 13.8. The molecular weight excluding hydrogens is 392 g/mol. The number of halogens is 3. The van der Waals surface area contributed by atoms with Crippen molar-refractivity contribution in [2.45, 2.75) is 13.0 Å². The first-order valence-corrected chi connectivity index (χ1v) is 7.53. The van der Waals surface area contributed by atoms with Gasteiger partial charge in [-0.25, -0.2) is 4.39 Å². The van der Waals surface area contributed by atoms with Gasteiger partial charge < -0.3 is 4.90 Å². The Morgan fingerprint density at radius 1 is 1.30 bits per heavy atom. The molecule has 0 saturated carbocycles. The van der Waals surface area contributed by atoms with Crippen LogP contribution in [0.5, 0.6) is 0 Å². The van der Waals surface area contributed by atoms with Gasteiger partial charge in [0.1, 0.15) is 5.82 Å². The van der Waals surface area contributed by atoms with Crippen LogP contribution >= 0.6 is 34.2 Å². The second kappa shape index (κ2) is 5.33. The maximum Gasteiger partial charge on any atom is 0.231 e. The smallest absolute Gasteiger partial charge is 0.231 e. The molecule has 0 fully saturated rings. The van der Waals surface area contributed by atoms with Gasteiger partial charge in [-0.15, -0.1) is 0 Å². The Hall–Kier alpha value is -1.14. The van der Waals surface area contributed by atoms with Crippen LogP contribution in [-0.4, -0.2) is 5.91 Å². The molecule has 5 heteroatoms. The maximum absolute atomic E-state index is 13.5. The highest BCUT2D eigenvalue weighted by Gasteiger charge is 2.27. The van der Waals surface area contributed by atoms with Crippen molar-refractivity contribution in [2.24, 2.45) is 0 Å². The largest absolute Gasteiger partial charge is 0.307 e. The number of fused-ring (bicyclic) bond motifs is 1. The molecule has 0 bridgehead atoms. The summed E-state index contributed by atoms with van der Waals surface area (Å²) in [6, 6.07) is 10.5. The van der Waals surface area contributed by atoms with E-state index >= 15 is 0 Å². The van der Waals surface area contributed by atoms with Gasteiger partial charge in [-0.2, -0.15) is 0 Å². The summed E-state index contributed by atoms with van der Waals surface area (Å²) in [6.45, 7) is 0.295. The minimum Gasteiger partial charge on any atom is -0.307 e. The zero-order chi connectivity index (χ0) is 14.3. The van der Waals surface area contributed by atoms with Crippen LogP contribution in [0.4, 0.5) is 10.1 Å². The van der Waals surface area contributed by atoms with Gasteiger partial charge in [0.2, 0.25) is 5.91 Å². The van der Waals surface area contributed by atoms with Crippen molar-refractivity contribution in [3.8, 4) is 0 Å². The standard InChI is InChI=1S/C15H10ClFINO/c16-15-9(2-1-3-12(15)17)8-19-13-5-4-11(18)6-10(13)7-14(19)20/h1-6H,7-8H2. The second-order valence-corrected chi connectivity index (χ2v) is 6.27. The van der Waals surface area contributed by atoms with Gasteiger partial charge >= 0.3 is 0 Å². The second-order valence-electron chi connectivity index (χ2n) is 4.64. The molecule has 0 aromatic heterocycles. The molecule has 0 saturated heterocycles. The van der Waals surface area contributed by atoms with Crippen LogP contribution < -0.4 is 4.90 Å². The Labute approximate surface area is 134 Å². The van der Waals surface area contributed by atoms with Crippen molar-refractivity contribution in [3.05, 3.63) is 61.9 Å². The molecule has 2 aromatic carbocycles. The summed E-state index contributed by atoms with van der Waals surface area (Å²) in [4.78, 5) is 13.8. The van der Waals surface area contributed by atoms with Crippen LogP contribution in [-0.2, 0) is 17.8 Å². The zero-order valence-corrected chi connectivity index (χ0v) is 13.3. The van der Waals surface area contributed by atoms with Crippen molar-refractivity contribution < 1.29 is 9.18 Å². The van der Waals surface area contributed by atoms with Crippen molar-refractivity contribution in [1.82, 2.24) is 0 Å². The van der Waals surface area contributed by atoms with Crippen molar-refractivity contribution in [2.75, 3.05) is 4.90 Å². The normalized spacial score (nSPS) is 13.8. The van der Waals surface area contributed by atoms with E-state index in [0.29, 0.717) is 18.5 Å². The van der Waals surface area contributed by atoms with Crippen LogP contribution in [0.3, 0.4) is 0 Å². The SMILES string of the molecule is O=C1Cc2cc(I)ccc2N1Cc1cccc(F)c1Cl. The molecule has 0 radical (unpaired) electrons. The molecule has 0 spiro atoms. The number of rotatable bonds is 2. The predicted octanol–water partition coefficient (Wildman–Crippen LogP) is 4.17. The molecule has 102 valence electrons. The molecule has 20 heavy (non-hydrogen) atoms. The Morgan fingerprint density at radius 2 is 2.10 bits per heavy atom. The Bertz CT molecular complexity index is 704. The minimum atomic E-state index is -0.460. The molecule has 1 heterocycles. The molecule has 0 unspecified atom stereocenters. The quantitative estimate of drug-likeness (QED) is 0.692. The fourth-order valence-corrected chi connectivity index (χ4v) is 3.11. The monoisotopic (exact) mass is 401 g/mol. The van der Waals surface area contributed by atoms with Gasteiger partial charge in [0.25, 0.3) is 0 Å². The molecule has 0 atom stereocenters. The van der Waals surface area contributed by atoms with E-state index in [1.807, 2.05) is 18.2 Å². The molecule has 1 aliphatic rings. The Balaban J connectivity index is 1.96. The van der Waals surface area contributed by atoms with Gasteiger partial charge in [0.15, 0.2) is 0 Å². The third-order valence-electron chi connectivity index (χ3n) is 3.34. The summed E-state index contributed by atoms with van der Waals surface area (Å²) in [5.74, 6) is -0.444. The number of amides is 1. The lowest BCUT2D eigenvalue weighted by atomic mass is 10.1. The van der Waals surface area contributed by atoms with Crippen LogP contribution in [0.2, 0.25) is 5.02 Å². The first-order valence-electron chi connectivity index (χ1n) is 6.08. The number of benzene rings is 2. The van der Waals surface area contributed by atoms with E-state index in [-0.39, 0.29) is 10.9 Å². The fourth-order valence-electron chi connectivity index (χ4n) is 2.37. The topological polar surface area (TPSA) is 20.3 Å². The molecule has 0 N–H and O–H groups in total. The first-order chi connectivity index (χ1) is 9.56. The lowest BCUT2D eigenvalue weighted by Gasteiger charge is -2.18. The van der Waals surface area contributed by atoms with Crippen molar-refractivity contribution >= 4 is 45.8 Å². The van der Waals surface area contributed by atoms with E-state index in [0.717, 1.165) is 14.8 Å². The average molecular weight is 402 g/mol. The van der Waals surface area contributed by atoms with Gasteiger partial charge in [0.05, 0.1) is 18.0 Å². The van der Waals surface area contributed by atoms with Crippen LogP contribution in [0.1, 0.15) is 11.1 Å². The van der Waals surface area contributed by atoms with Crippen molar-refractivity contribution in [3.63, 3.8) is 0 Å². The lowest BCUT2D eigenvalue weighted by Crippen LogP contribution is -2.26. The summed E-state index contributed by atoms with van der Waals surface area (Å²) < 4.78 is 14.6. The number of nitrogens with zero attached hydrogens (tertiary/aromatic N) is 1. The summed E-state index contributed by atoms with van der Waals surface area (Å²) >= 11 is 8.18. The molecule has 0 aliphatic carbocycles. The number of carbonyl (C=O) groups excluding carboxylic acids is 1. The average Bonchev–Trinajstić information content (AvgIpc) is 2.70. The fraction of sp³-hybridized carbons (Fsp3) is 0.133. The maximum atomic E-state index is 13.5. The van der Waals surface area contributed by atoms with Gasteiger partial charge in [-0.3, -0.25) is 4.79 Å². The van der Waals surface area contributed by atoms with E-state index < -0.39 is 5.82 Å². The number of hydrogen-bond acceptors (Lipinski definition) is 1. The van der Waals surface area contributed by atoms with E-state index in [2.05, 4.69) is 22.6 Å². The van der Waals surface area contributed by atoms with Crippen LogP contribution in [0, 0.1) is 9.39 Å². The lowest BCUT2D eigenvalue weighted by molar-refractivity contribution is -0.117. The summed E-state index contributed by atoms with van der Waals surface area (Å²) in [5.41, 5.74) is 2.51. The Morgan fingerprint density at radius 3 is 2.90 bits per heavy atom. The molecule has 1 aliphatic heterocycles. The number of carbonyl (C=O) groups is 1. The molecule has 3 rings (SSSR count). The summed E-state index contributed by atoms with van der Waals surface area (Å²) in [6.07, 6.45) is 0.388. The highest BCUT2D eigenvalue weighted by atomic mass is 127. The molecular formula is C15H10ClFINO. The van der Waals surface area contributed by atoms with Crippen LogP contribution in [0.25, 0.3) is 0 Å². The number of hydrogen-bond donors (Lipinski definition) is 0.